The molecule has 1 unspecified atom stereocenters. The van der Waals surface area contributed by atoms with Gasteiger partial charge in [0.1, 0.15) is 0 Å². The Hall–Kier alpha value is -2.39. The molecule has 2 aromatic carbocycles. The minimum absolute atomic E-state index is 0.0853. The summed E-state index contributed by atoms with van der Waals surface area (Å²) in [4.78, 5) is 11.1. The number of aliphatic hydroxyl groups is 1. The number of aliphatic hydroxyl groups excluding tert-OH is 1. The van der Waals surface area contributed by atoms with Crippen molar-refractivity contribution in [1.82, 2.24) is 0 Å². The Kier molecular flexibility index (Phi) is 4.55. The molecule has 0 radical (unpaired) electrons. The largest absolute Gasteiger partial charge is 0.478 e. The van der Waals surface area contributed by atoms with E-state index in [1.54, 1.807) is 24.3 Å². The smallest absolute Gasteiger partial charge is 0.335 e. The minimum atomic E-state index is -0.935. The first-order chi connectivity index (χ1) is 12.4. The molecule has 142 valence electrons. The highest BCUT2D eigenvalue weighted by Crippen LogP contribution is 2.47. The molecular formula is C24H28O3. The van der Waals surface area contributed by atoms with Gasteiger partial charge in [-0.15, -0.1) is 0 Å². The Morgan fingerprint density at radius 2 is 1.59 bits per heavy atom. The van der Waals surface area contributed by atoms with Gasteiger partial charge < -0.3 is 10.2 Å². The Balaban J connectivity index is 2.11. The zero-order chi connectivity index (χ0) is 20.1. The average molecular weight is 364 g/mol. The summed E-state index contributed by atoms with van der Waals surface area (Å²) in [6.45, 7) is 14.9. The fourth-order valence-electron chi connectivity index (χ4n) is 4.12. The highest BCUT2D eigenvalue weighted by molar-refractivity contribution is 5.89. The second kappa shape index (κ2) is 6.35. The zero-order valence-corrected chi connectivity index (χ0v) is 16.8. The van der Waals surface area contributed by atoms with Crippen molar-refractivity contribution in [3.05, 3.63) is 76.4 Å². The highest BCUT2D eigenvalue weighted by atomic mass is 16.4. The van der Waals surface area contributed by atoms with E-state index < -0.39 is 12.1 Å². The second-order valence-corrected chi connectivity index (χ2v) is 8.90. The van der Waals surface area contributed by atoms with Crippen LogP contribution in [0.1, 0.15) is 72.3 Å². The molecule has 0 fully saturated rings. The average Bonchev–Trinajstić information content (AvgIpc) is 2.59. The number of carboxylic acid groups (broad SMARTS) is 1. The van der Waals surface area contributed by atoms with Crippen LogP contribution in [0.15, 0.2) is 43.0 Å². The van der Waals surface area contributed by atoms with Crippen LogP contribution in [0.5, 0.6) is 0 Å². The van der Waals surface area contributed by atoms with Crippen molar-refractivity contribution < 1.29 is 15.0 Å². The summed E-state index contributed by atoms with van der Waals surface area (Å²) in [7, 11) is 0. The van der Waals surface area contributed by atoms with Gasteiger partial charge in [0.25, 0.3) is 0 Å². The molecule has 0 bridgehead atoms. The van der Waals surface area contributed by atoms with E-state index in [0.29, 0.717) is 0 Å². The molecule has 0 saturated carbocycles. The molecule has 0 heterocycles. The van der Waals surface area contributed by atoms with Crippen LogP contribution in [0.3, 0.4) is 0 Å². The molecular weight excluding hydrogens is 336 g/mol. The predicted octanol–water partition coefficient (Wildman–Crippen LogP) is 5.07. The van der Waals surface area contributed by atoms with E-state index >= 15 is 0 Å². The molecule has 3 heteroatoms. The lowest BCUT2D eigenvalue weighted by Gasteiger charge is -2.46. The van der Waals surface area contributed by atoms with Gasteiger partial charge in [-0.05, 0) is 70.3 Å². The molecule has 0 spiro atoms. The third kappa shape index (κ3) is 3.21. The SMILES string of the molecule is C=C(c1ccc(C(=O)O)cc1)c1cc2c(cc1C)C(C)(C)CC(O)C2(C)C. The van der Waals surface area contributed by atoms with Gasteiger partial charge in [0, 0.05) is 5.41 Å². The molecule has 1 aliphatic carbocycles. The standard InChI is InChI=1S/C24H28O3/c1-14-11-19-20(24(5,6)21(25)13-23(19,3)4)12-18(14)15(2)16-7-9-17(10-8-16)22(26)27/h7-12,21,25H,2,13H2,1,3-6H3,(H,26,27). The van der Waals surface area contributed by atoms with Crippen molar-refractivity contribution in [1.29, 1.82) is 0 Å². The molecule has 2 N–H and O–H groups in total. The van der Waals surface area contributed by atoms with E-state index in [9.17, 15) is 9.90 Å². The lowest BCUT2D eigenvalue weighted by atomic mass is 9.61. The van der Waals surface area contributed by atoms with Gasteiger partial charge in [-0.1, -0.05) is 52.5 Å². The second-order valence-electron chi connectivity index (χ2n) is 8.90. The normalized spacial score (nSPS) is 20.0. The van der Waals surface area contributed by atoms with Crippen LogP contribution in [-0.2, 0) is 10.8 Å². The van der Waals surface area contributed by atoms with Crippen LogP contribution < -0.4 is 0 Å². The summed E-state index contributed by atoms with van der Waals surface area (Å²) < 4.78 is 0. The number of aryl methyl sites for hydroxylation is 1. The molecule has 1 aliphatic rings. The van der Waals surface area contributed by atoms with E-state index in [1.807, 2.05) is 0 Å². The van der Waals surface area contributed by atoms with Gasteiger partial charge >= 0.3 is 5.97 Å². The first-order valence-corrected chi connectivity index (χ1v) is 9.32. The van der Waals surface area contributed by atoms with E-state index in [4.69, 9.17) is 5.11 Å². The number of fused-ring (bicyclic) bond motifs is 1. The van der Waals surface area contributed by atoms with Gasteiger partial charge in [-0.25, -0.2) is 4.79 Å². The van der Waals surface area contributed by atoms with Crippen LogP contribution in [0.4, 0.5) is 0 Å². The van der Waals surface area contributed by atoms with Crippen molar-refractivity contribution in [3.8, 4) is 0 Å². The van der Waals surface area contributed by atoms with E-state index in [-0.39, 0.29) is 16.4 Å². The maximum Gasteiger partial charge on any atom is 0.335 e. The van der Waals surface area contributed by atoms with Crippen LogP contribution >= 0.6 is 0 Å². The number of hydrogen-bond acceptors (Lipinski definition) is 2. The lowest BCUT2D eigenvalue weighted by molar-refractivity contribution is 0.0582. The Morgan fingerprint density at radius 1 is 1.04 bits per heavy atom. The maximum absolute atomic E-state index is 11.1. The Bertz CT molecular complexity index is 917. The molecule has 1 atom stereocenters. The molecule has 3 rings (SSSR count). The highest BCUT2D eigenvalue weighted by Gasteiger charge is 2.43. The Labute approximate surface area is 161 Å². The molecule has 2 aromatic rings. The zero-order valence-electron chi connectivity index (χ0n) is 16.8. The van der Waals surface area contributed by atoms with Gasteiger partial charge in [-0.2, -0.15) is 0 Å². The third-order valence-corrected chi connectivity index (χ3v) is 6.13. The van der Waals surface area contributed by atoms with Crippen LogP contribution in [0, 0.1) is 6.92 Å². The summed E-state index contributed by atoms with van der Waals surface area (Å²) in [5.41, 5.74) is 6.23. The number of hydrogen-bond donors (Lipinski definition) is 2. The van der Waals surface area contributed by atoms with Crippen molar-refractivity contribution in [2.45, 2.75) is 58.0 Å². The first-order valence-electron chi connectivity index (χ1n) is 9.32. The number of rotatable bonds is 3. The van der Waals surface area contributed by atoms with E-state index in [0.717, 1.165) is 34.2 Å². The van der Waals surface area contributed by atoms with E-state index in [2.05, 4.69) is 53.3 Å². The summed E-state index contributed by atoms with van der Waals surface area (Å²) in [5, 5.41) is 19.8. The van der Waals surface area contributed by atoms with Gasteiger partial charge in [0.2, 0.25) is 0 Å². The van der Waals surface area contributed by atoms with Gasteiger partial charge in [-0.3, -0.25) is 0 Å². The number of benzene rings is 2. The molecule has 3 nitrogen and oxygen atoms in total. The quantitative estimate of drug-likeness (QED) is 0.799. The number of carbonyl (C=O) groups is 1. The number of carboxylic acids is 1. The lowest BCUT2D eigenvalue weighted by Crippen LogP contribution is -2.45. The van der Waals surface area contributed by atoms with Crippen LogP contribution in [0.2, 0.25) is 0 Å². The van der Waals surface area contributed by atoms with Gasteiger partial charge in [0.15, 0.2) is 0 Å². The summed E-state index contributed by atoms with van der Waals surface area (Å²) >= 11 is 0. The topological polar surface area (TPSA) is 57.5 Å². The molecule has 27 heavy (non-hydrogen) atoms. The van der Waals surface area contributed by atoms with Crippen molar-refractivity contribution in [2.75, 3.05) is 0 Å². The summed E-state index contributed by atoms with van der Waals surface area (Å²) in [6, 6.07) is 11.2. The van der Waals surface area contributed by atoms with Crippen molar-refractivity contribution in [3.63, 3.8) is 0 Å². The number of aromatic carboxylic acids is 1. The Morgan fingerprint density at radius 3 is 2.15 bits per heavy atom. The maximum atomic E-state index is 11.1. The van der Waals surface area contributed by atoms with Crippen molar-refractivity contribution in [2.24, 2.45) is 0 Å². The van der Waals surface area contributed by atoms with Crippen LogP contribution in [-0.4, -0.2) is 22.3 Å². The molecule has 0 amide bonds. The van der Waals surface area contributed by atoms with Crippen LogP contribution in [0.25, 0.3) is 5.57 Å². The fourth-order valence-corrected chi connectivity index (χ4v) is 4.12. The predicted molar refractivity (Wildman–Crippen MR) is 109 cm³/mol. The third-order valence-electron chi connectivity index (χ3n) is 6.13. The van der Waals surface area contributed by atoms with E-state index in [1.165, 1.54) is 5.56 Å². The van der Waals surface area contributed by atoms with Gasteiger partial charge in [0.05, 0.1) is 11.7 Å². The first kappa shape index (κ1) is 19.4. The minimum Gasteiger partial charge on any atom is -0.478 e. The molecule has 0 aromatic heterocycles. The van der Waals surface area contributed by atoms with Crippen molar-refractivity contribution >= 4 is 11.5 Å². The fraction of sp³-hybridized carbons (Fsp3) is 0.375. The molecule has 0 saturated heterocycles. The molecule has 0 aliphatic heterocycles. The summed E-state index contributed by atoms with van der Waals surface area (Å²) in [6.07, 6.45) is 0.335. The monoisotopic (exact) mass is 364 g/mol. The summed E-state index contributed by atoms with van der Waals surface area (Å²) in [5.74, 6) is -0.935.